The normalized spacial score (nSPS) is 12.1. The van der Waals surface area contributed by atoms with Crippen LogP contribution in [0.5, 0.6) is 0 Å². The van der Waals surface area contributed by atoms with Crippen molar-refractivity contribution >= 4 is 35.1 Å². The van der Waals surface area contributed by atoms with Crippen molar-refractivity contribution < 1.29 is 22.7 Å². The second-order valence-electron chi connectivity index (χ2n) is 7.24. The molecule has 0 saturated carbocycles. The fourth-order valence-electron chi connectivity index (χ4n) is 3.29. The third-order valence-electron chi connectivity index (χ3n) is 4.89. The van der Waals surface area contributed by atoms with Gasteiger partial charge in [-0.2, -0.15) is 23.4 Å². The summed E-state index contributed by atoms with van der Waals surface area (Å²) >= 11 is 1.10. The van der Waals surface area contributed by atoms with Crippen LogP contribution in [-0.4, -0.2) is 34.8 Å². The van der Waals surface area contributed by atoms with Crippen LogP contribution in [0.4, 0.5) is 30.6 Å². The molecule has 1 amide bonds. The van der Waals surface area contributed by atoms with Gasteiger partial charge in [0.25, 0.3) is 0 Å². The lowest BCUT2D eigenvalue weighted by atomic mass is 10.1. The predicted molar refractivity (Wildman–Crippen MR) is 126 cm³/mol. The number of hydrogen-bond acceptors (Lipinski definition) is 8. The summed E-state index contributed by atoms with van der Waals surface area (Å²) in [6.07, 6.45) is -3.00. The molecule has 0 spiro atoms. The third-order valence-corrected chi connectivity index (χ3v) is 5.57. The SMILES string of the molecule is CSc1nc(N)nc(N(c2cccc(C(F)(F)F)c2)[C@@H](COCc2ccccc2)C(N)=O)c1C#N. The molecular formula is C23H21F3N6O2S. The summed E-state index contributed by atoms with van der Waals surface area (Å²) < 4.78 is 46.1. The molecule has 1 heterocycles. The molecule has 2 aromatic carbocycles. The first-order valence-corrected chi connectivity index (χ1v) is 11.4. The lowest BCUT2D eigenvalue weighted by Crippen LogP contribution is -2.46. The zero-order valence-electron chi connectivity index (χ0n) is 18.5. The van der Waals surface area contributed by atoms with E-state index in [2.05, 4.69) is 9.97 Å². The van der Waals surface area contributed by atoms with Crippen LogP contribution in [0, 0.1) is 11.3 Å². The van der Waals surface area contributed by atoms with Crippen molar-refractivity contribution in [1.82, 2.24) is 9.97 Å². The Bertz CT molecular complexity index is 1230. The van der Waals surface area contributed by atoms with Gasteiger partial charge in [-0.15, -0.1) is 11.8 Å². The third kappa shape index (κ3) is 6.20. The largest absolute Gasteiger partial charge is 0.416 e. The molecule has 0 aliphatic heterocycles. The minimum absolute atomic E-state index is 0.0709. The highest BCUT2D eigenvalue weighted by atomic mass is 32.2. The van der Waals surface area contributed by atoms with Crippen molar-refractivity contribution in [1.29, 1.82) is 5.26 Å². The van der Waals surface area contributed by atoms with Crippen molar-refractivity contribution in [2.75, 3.05) is 23.5 Å². The zero-order chi connectivity index (χ0) is 25.6. The molecule has 12 heteroatoms. The Morgan fingerprint density at radius 2 is 1.91 bits per heavy atom. The summed E-state index contributed by atoms with van der Waals surface area (Å²) in [7, 11) is 0. The Morgan fingerprint density at radius 1 is 1.20 bits per heavy atom. The smallest absolute Gasteiger partial charge is 0.374 e. The molecule has 3 aromatic rings. The molecule has 1 atom stereocenters. The topological polar surface area (TPSA) is 131 Å². The van der Waals surface area contributed by atoms with Gasteiger partial charge < -0.3 is 21.1 Å². The molecule has 0 unspecified atom stereocenters. The molecule has 0 fully saturated rings. The number of carbonyl (C=O) groups is 1. The molecule has 0 aliphatic rings. The number of alkyl halides is 3. The molecule has 182 valence electrons. The highest BCUT2D eigenvalue weighted by Gasteiger charge is 2.34. The zero-order valence-corrected chi connectivity index (χ0v) is 19.3. The van der Waals surface area contributed by atoms with E-state index in [1.54, 1.807) is 6.26 Å². The van der Waals surface area contributed by atoms with E-state index < -0.39 is 23.7 Å². The molecule has 0 saturated heterocycles. The molecule has 3 rings (SSSR count). The highest BCUT2D eigenvalue weighted by molar-refractivity contribution is 7.98. The second-order valence-corrected chi connectivity index (χ2v) is 8.03. The van der Waals surface area contributed by atoms with Crippen molar-refractivity contribution in [3.05, 3.63) is 71.3 Å². The van der Waals surface area contributed by atoms with E-state index in [1.165, 1.54) is 12.1 Å². The van der Waals surface area contributed by atoms with Gasteiger partial charge in [0, 0.05) is 5.69 Å². The van der Waals surface area contributed by atoms with Crippen LogP contribution in [0.1, 0.15) is 16.7 Å². The van der Waals surface area contributed by atoms with Crippen LogP contribution >= 0.6 is 11.8 Å². The summed E-state index contributed by atoms with van der Waals surface area (Å²) in [5.74, 6) is -1.29. The monoisotopic (exact) mass is 502 g/mol. The van der Waals surface area contributed by atoms with Gasteiger partial charge in [-0.05, 0) is 30.0 Å². The molecule has 1 aromatic heterocycles. The number of nitriles is 1. The molecule has 0 bridgehead atoms. The number of carbonyl (C=O) groups excluding carboxylic acids is 1. The first-order chi connectivity index (χ1) is 16.7. The number of amides is 1. The summed E-state index contributed by atoms with van der Waals surface area (Å²) in [4.78, 5) is 21.8. The number of rotatable bonds is 9. The molecule has 0 aliphatic carbocycles. The van der Waals surface area contributed by atoms with Crippen LogP contribution in [0.3, 0.4) is 0 Å². The lowest BCUT2D eigenvalue weighted by molar-refractivity contribution is -0.137. The van der Waals surface area contributed by atoms with Gasteiger partial charge >= 0.3 is 6.18 Å². The molecular weight excluding hydrogens is 481 g/mol. The van der Waals surface area contributed by atoms with E-state index in [4.69, 9.17) is 16.2 Å². The maximum Gasteiger partial charge on any atom is 0.416 e. The second kappa shape index (κ2) is 11.1. The number of primary amides is 1. The number of thioether (sulfide) groups is 1. The van der Waals surface area contributed by atoms with Crippen LogP contribution < -0.4 is 16.4 Å². The number of nitrogen functional groups attached to an aromatic ring is 1. The summed E-state index contributed by atoms with van der Waals surface area (Å²) in [6, 6.07) is 14.0. The van der Waals surface area contributed by atoms with E-state index in [1.807, 2.05) is 36.4 Å². The number of aromatic nitrogens is 2. The van der Waals surface area contributed by atoms with Crippen LogP contribution in [0.15, 0.2) is 59.6 Å². The Morgan fingerprint density at radius 3 is 2.51 bits per heavy atom. The van der Waals surface area contributed by atoms with Gasteiger partial charge in [0.1, 0.15) is 22.7 Å². The molecule has 35 heavy (non-hydrogen) atoms. The Kier molecular flexibility index (Phi) is 8.16. The van der Waals surface area contributed by atoms with E-state index in [0.29, 0.717) is 0 Å². The van der Waals surface area contributed by atoms with Crippen molar-refractivity contribution in [2.45, 2.75) is 23.9 Å². The standard InChI is InChI=1S/C23H21F3N6O2S/c1-35-21-17(11-27)20(30-22(29)31-21)32(16-9-5-8-15(10-16)23(24,25)26)18(19(28)33)13-34-12-14-6-3-2-4-7-14/h2-10,18H,12-13H2,1H3,(H2,28,33)(H2,29,30,31)/t18-/m0/s1. The first kappa shape index (κ1) is 25.8. The first-order valence-electron chi connectivity index (χ1n) is 10.1. The van der Waals surface area contributed by atoms with Gasteiger partial charge in [-0.1, -0.05) is 36.4 Å². The van der Waals surface area contributed by atoms with Crippen molar-refractivity contribution in [3.63, 3.8) is 0 Å². The van der Waals surface area contributed by atoms with Gasteiger partial charge in [-0.3, -0.25) is 4.79 Å². The van der Waals surface area contributed by atoms with Gasteiger partial charge in [0.05, 0.1) is 18.8 Å². The van der Waals surface area contributed by atoms with Gasteiger partial charge in [0.15, 0.2) is 5.82 Å². The Labute approximate surface area is 203 Å². The van der Waals surface area contributed by atoms with Crippen LogP contribution in [-0.2, 0) is 22.3 Å². The Hall–Kier alpha value is -3.82. The van der Waals surface area contributed by atoms with Crippen LogP contribution in [0.2, 0.25) is 0 Å². The van der Waals surface area contributed by atoms with E-state index >= 15 is 0 Å². The summed E-state index contributed by atoms with van der Waals surface area (Å²) in [5, 5.41) is 10.0. The molecule has 8 nitrogen and oxygen atoms in total. The number of hydrogen-bond donors (Lipinski definition) is 2. The fourth-order valence-corrected chi connectivity index (χ4v) is 3.82. The van der Waals surface area contributed by atoms with Gasteiger partial charge in [-0.25, -0.2) is 4.98 Å². The lowest BCUT2D eigenvalue weighted by Gasteiger charge is -2.32. The minimum Gasteiger partial charge on any atom is -0.374 e. The summed E-state index contributed by atoms with van der Waals surface area (Å²) in [5.41, 5.74) is 11.2. The molecule has 0 radical (unpaired) electrons. The summed E-state index contributed by atoms with van der Waals surface area (Å²) in [6.45, 7) is -0.183. The number of nitrogens with zero attached hydrogens (tertiary/aromatic N) is 4. The number of anilines is 3. The average molecular weight is 503 g/mol. The van der Waals surface area contributed by atoms with E-state index in [-0.39, 0.29) is 41.3 Å². The van der Waals surface area contributed by atoms with Gasteiger partial charge in [0.2, 0.25) is 11.9 Å². The molecule has 4 N–H and O–H groups in total. The fraction of sp³-hybridized carbons (Fsp3) is 0.217. The van der Waals surface area contributed by atoms with Crippen molar-refractivity contribution in [3.8, 4) is 6.07 Å². The maximum atomic E-state index is 13.5. The van der Waals surface area contributed by atoms with Crippen LogP contribution in [0.25, 0.3) is 0 Å². The number of halogens is 3. The number of benzene rings is 2. The highest BCUT2D eigenvalue weighted by Crippen LogP contribution is 2.37. The number of nitrogens with two attached hydrogens (primary N) is 2. The van der Waals surface area contributed by atoms with Crippen molar-refractivity contribution in [2.24, 2.45) is 5.73 Å². The van der Waals surface area contributed by atoms with E-state index in [9.17, 15) is 23.2 Å². The van der Waals surface area contributed by atoms with E-state index in [0.717, 1.165) is 34.4 Å². The Balaban J connectivity index is 2.13. The maximum absolute atomic E-state index is 13.5. The minimum atomic E-state index is -4.65. The predicted octanol–water partition coefficient (Wildman–Crippen LogP) is 3.88. The average Bonchev–Trinajstić information content (AvgIpc) is 2.83. The quantitative estimate of drug-likeness (QED) is 0.333. The number of ether oxygens (including phenoxy) is 1.